The zero-order valence-corrected chi connectivity index (χ0v) is 17.8. The number of nitrogens with two attached hydrogens (primary N) is 1. The van der Waals surface area contributed by atoms with Gasteiger partial charge in [0.05, 0.1) is 12.7 Å². The molecule has 0 aliphatic rings. The van der Waals surface area contributed by atoms with Crippen LogP contribution in [0.3, 0.4) is 0 Å². The van der Waals surface area contributed by atoms with Crippen LogP contribution < -0.4 is 15.4 Å². The summed E-state index contributed by atoms with van der Waals surface area (Å²) in [7, 11) is 1.45. The van der Waals surface area contributed by atoms with E-state index in [-0.39, 0.29) is 35.1 Å². The molecule has 6 N–H and O–H groups in total. The fraction of sp³-hybridized carbons (Fsp3) is 0.273. The van der Waals surface area contributed by atoms with E-state index in [0.29, 0.717) is 16.9 Å². The van der Waals surface area contributed by atoms with E-state index in [9.17, 15) is 19.8 Å². The van der Waals surface area contributed by atoms with Crippen molar-refractivity contribution in [3.63, 3.8) is 0 Å². The Kier molecular flexibility index (Phi) is 7.01. The molecule has 164 valence electrons. The van der Waals surface area contributed by atoms with Gasteiger partial charge in [0, 0.05) is 23.7 Å². The number of ether oxygens (including phenoxy) is 1. The van der Waals surface area contributed by atoms with E-state index in [4.69, 9.17) is 21.3 Å². The first-order valence-electron chi connectivity index (χ1n) is 9.47. The van der Waals surface area contributed by atoms with Gasteiger partial charge in [-0.25, -0.2) is 0 Å². The van der Waals surface area contributed by atoms with E-state index in [2.05, 4.69) is 0 Å². The van der Waals surface area contributed by atoms with Crippen molar-refractivity contribution in [3.8, 4) is 17.2 Å². The standard InChI is InChI=1S/C22H26N4O5/c1-11(2)15-9-16(18(29)10-17(15)28)20(23)26(21(24)22(25)30)14-5-6-19(31-4)13(8-14)7-12(3)27/h5-6,8-11,23-24,28-29H,7H2,1-4H3,(H2,25,30). The molecule has 0 radical (unpaired) electrons. The maximum atomic E-state index is 11.8. The summed E-state index contributed by atoms with van der Waals surface area (Å²) in [5, 5.41) is 37.3. The van der Waals surface area contributed by atoms with Gasteiger partial charge in [0.15, 0.2) is 5.84 Å². The van der Waals surface area contributed by atoms with Crippen LogP contribution in [0.4, 0.5) is 5.69 Å². The number of carbonyl (C=O) groups excluding carboxylic acids is 2. The van der Waals surface area contributed by atoms with Gasteiger partial charge in [-0.1, -0.05) is 13.8 Å². The van der Waals surface area contributed by atoms with E-state index in [1.165, 1.54) is 32.2 Å². The Morgan fingerprint density at radius 2 is 1.77 bits per heavy atom. The van der Waals surface area contributed by atoms with Crippen LogP contribution in [0, 0.1) is 10.8 Å². The number of Topliss-reactive ketones (excluding diaryl/α,β-unsaturated/α-hetero) is 1. The average Bonchev–Trinajstić information content (AvgIpc) is 2.67. The lowest BCUT2D eigenvalue weighted by molar-refractivity contribution is -0.116. The quantitative estimate of drug-likeness (QED) is 0.352. The molecule has 9 nitrogen and oxygen atoms in total. The lowest BCUT2D eigenvalue weighted by Gasteiger charge is -2.26. The molecule has 0 atom stereocenters. The predicted molar refractivity (Wildman–Crippen MR) is 117 cm³/mol. The maximum absolute atomic E-state index is 11.8. The summed E-state index contributed by atoms with van der Waals surface area (Å²) >= 11 is 0. The fourth-order valence-corrected chi connectivity index (χ4v) is 3.16. The van der Waals surface area contributed by atoms with Gasteiger partial charge >= 0.3 is 0 Å². The highest BCUT2D eigenvalue weighted by atomic mass is 16.5. The second-order valence-corrected chi connectivity index (χ2v) is 7.35. The second kappa shape index (κ2) is 9.29. The van der Waals surface area contributed by atoms with Gasteiger partial charge in [0.2, 0.25) is 0 Å². The molecule has 1 amide bonds. The number of ketones is 1. The minimum absolute atomic E-state index is 0.00330. The first kappa shape index (κ1) is 23.4. The van der Waals surface area contributed by atoms with Gasteiger partial charge in [-0.15, -0.1) is 0 Å². The van der Waals surface area contributed by atoms with Crippen molar-refractivity contribution in [2.45, 2.75) is 33.1 Å². The molecule has 2 aromatic carbocycles. The van der Waals surface area contributed by atoms with Crippen LogP contribution >= 0.6 is 0 Å². The number of benzene rings is 2. The van der Waals surface area contributed by atoms with E-state index in [1.54, 1.807) is 6.07 Å². The number of nitrogens with one attached hydrogen (secondary N) is 2. The molecule has 0 bridgehead atoms. The molecule has 9 heteroatoms. The predicted octanol–water partition coefficient (Wildman–Crippen LogP) is 2.66. The molecule has 31 heavy (non-hydrogen) atoms. The Labute approximate surface area is 180 Å². The Hall–Kier alpha value is -3.88. The van der Waals surface area contributed by atoms with Gasteiger partial charge in [0.25, 0.3) is 5.91 Å². The molecule has 0 fully saturated rings. The summed E-state index contributed by atoms with van der Waals surface area (Å²) in [6.07, 6.45) is 0.0457. The van der Waals surface area contributed by atoms with Gasteiger partial charge < -0.3 is 20.7 Å². The lowest BCUT2D eigenvalue weighted by Crippen LogP contribution is -2.44. The number of methoxy groups -OCH3 is 1. The molecule has 0 saturated carbocycles. The third-order valence-corrected chi connectivity index (χ3v) is 4.66. The number of phenolic OH excluding ortho intramolecular Hbond substituents is 2. The van der Waals surface area contributed by atoms with Crippen LogP contribution in [-0.4, -0.2) is 40.7 Å². The minimum Gasteiger partial charge on any atom is -0.508 e. The maximum Gasteiger partial charge on any atom is 0.284 e. The smallest absolute Gasteiger partial charge is 0.284 e. The zero-order chi connectivity index (χ0) is 23.5. The minimum atomic E-state index is -1.09. The number of phenols is 2. The van der Waals surface area contributed by atoms with Crippen molar-refractivity contribution in [2.24, 2.45) is 5.73 Å². The van der Waals surface area contributed by atoms with Crippen LogP contribution in [0.2, 0.25) is 0 Å². The van der Waals surface area contributed by atoms with Gasteiger partial charge in [-0.3, -0.25) is 25.3 Å². The van der Waals surface area contributed by atoms with Gasteiger partial charge in [-0.05, 0) is 42.7 Å². The molecule has 0 spiro atoms. The molecule has 0 heterocycles. The summed E-state index contributed by atoms with van der Waals surface area (Å²) in [4.78, 5) is 24.4. The number of primary amides is 1. The number of aromatic hydroxyl groups is 2. The summed E-state index contributed by atoms with van der Waals surface area (Å²) in [6.45, 7) is 5.08. The SMILES string of the molecule is COc1ccc(N(C(=N)C(N)=O)C(=N)c2cc(C(C)C)c(O)cc2O)cc1CC(C)=O. The monoisotopic (exact) mass is 426 g/mol. The molecule has 2 aromatic rings. The van der Waals surface area contributed by atoms with Gasteiger partial charge in [0.1, 0.15) is 28.9 Å². The topological polar surface area (TPSA) is 161 Å². The largest absolute Gasteiger partial charge is 0.508 e. The third-order valence-electron chi connectivity index (χ3n) is 4.66. The molecular weight excluding hydrogens is 400 g/mol. The Morgan fingerprint density at radius 1 is 1.13 bits per heavy atom. The highest BCUT2D eigenvalue weighted by Gasteiger charge is 2.26. The molecule has 0 aromatic heterocycles. The van der Waals surface area contributed by atoms with Crippen molar-refractivity contribution in [1.29, 1.82) is 10.8 Å². The fourth-order valence-electron chi connectivity index (χ4n) is 3.16. The van der Waals surface area contributed by atoms with Gasteiger partial charge in [-0.2, -0.15) is 0 Å². The normalized spacial score (nSPS) is 10.6. The highest BCUT2D eigenvalue weighted by molar-refractivity contribution is 6.47. The average molecular weight is 426 g/mol. The van der Waals surface area contributed by atoms with Crippen molar-refractivity contribution >= 4 is 29.0 Å². The number of hydrogen-bond acceptors (Lipinski definition) is 7. The zero-order valence-electron chi connectivity index (χ0n) is 17.8. The number of hydrogen-bond donors (Lipinski definition) is 5. The van der Waals surface area contributed by atoms with E-state index in [1.807, 2.05) is 13.8 Å². The van der Waals surface area contributed by atoms with Crippen LogP contribution in [0.1, 0.15) is 43.4 Å². The van der Waals surface area contributed by atoms with Crippen molar-refractivity contribution in [3.05, 3.63) is 47.0 Å². The highest BCUT2D eigenvalue weighted by Crippen LogP contribution is 2.34. The van der Waals surface area contributed by atoms with E-state index in [0.717, 1.165) is 11.0 Å². The lowest BCUT2D eigenvalue weighted by atomic mass is 9.98. The molecular formula is C22H26N4O5. The summed E-state index contributed by atoms with van der Waals surface area (Å²) in [5.41, 5.74) is 6.51. The van der Waals surface area contributed by atoms with E-state index >= 15 is 0 Å². The Bertz CT molecular complexity index is 1060. The summed E-state index contributed by atoms with van der Waals surface area (Å²) in [5.74, 6) is -2.52. The number of amidine groups is 2. The number of amides is 1. The molecule has 0 aliphatic heterocycles. The van der Waals surface area contributed by atoms with Crippen LogP contribution in [0.25, 0.3) is 0 Å². The van der Waals surface area contributed by atoms with Crippen LogP contribution in [0.15, 0.2) is 30.3 Å². The molecule has 0 unspecified atom stereocenters. The number of carbonyl (C=O) groups is 2. The van der Waals surface area contributed by atoms with Crippen LogP contribution in [-0.2, 0) is 16.0 Å². The second-order valence-electron chi connectivity index (χ2n) is 7.35. The van der Waals surface area contributed by atoms with Crippen molar-refractivity contribution < 1.29 is 24.5 Å². The number of nitrogens with zero attached hydrogens (tertiary/aromatic N) is 1. The third kappa shape index (κ3) is 5.00. The van der Waals surface area contributed by atoms with Crippen molar-refractivity contribution in [2.75, 3.05) is 12.0 Å². The molecule has 0 aliphatic carbocycles. The Morgan fingerprint density at radius 3 is 2.29 bits per heavy atom. The summed E-state index contributed by atoms with van der Waals surface area (Å²) < 4.78 is 5.27. The number of rotatable bonds is 6. The van der Waals surface area contributed by atoms with Crippen LogP contribution in [0.5, 0.6) is 17.2 Å². The van der Waals surface area contributed by atoms with E-state index < -0.39 is 23.3 Å². The number of anilines is 1. The molecule has 2 rings (SSSR count). The Balaban J connectivity index is 2.68. The van der Waals surface area contributed by atoms with Crippen molar-refractivity contribution in [1.82, 2.24) is 0 Å². The molecule has 0 saturated heterocycles. The first-order chi connectivity index (χ1) is 14.5. The summed E-state index contributed by atoms with van der Waals surface area (Å²) in [6, 6.07) is 7.13. The first-order valence-corrected chi connectivity index (χ1v) is 9.47.